The maximum absolute atomic E-state index is 11.4. The molecule has 1 unspecified atom stereocenters. The highest BCUT2D eigenvalue weighted by Gasteiger charge is 2.26. The van der Waals surface area contributed by atoms with Crippen LogP contribution in [0, 0.1) is 0 Å². The van der Waals surface area contributed by atoms with E-state index < -0.39 is 0 Å². The van der Waals surface area contributed by atoms with E-state index in [1.165, 1.54) is 26.2 Å². The van der Waals surface area contributed by atoms with Crippen LogP contribution < -0.4 is 5.32 Å². The van der Waals surface area contributed by atoms with Gasteiger partial charge in [0.25, 0.3) is 0 Å². The van der Waals surface area contributed by atoms with Crippen molar-refractivity contribution in [1.29, 1.82) is 0 Å². The van der Waals surface area contributed by atoms with E-state index in [-0.39, 0.29) is 17.7 Å². The molecule has 24 heavy (non-hydrogen) atoms. The summed E-state index contributed by atoms with van der Waals surface area (Å²) in [5.74, 6) is 0.157. The number of hydrogen-bond donors (Lipinski definition) is 2. The number of phenolic OH excluding ortho intramolecular Hbond substituents is 1. The predicted octanol–water partition coefficient (Wildman–Crippen LogP) is 3.93. The minimum Gasteiger partial charge on any atom is -0.508 e. The summed E-state index contributed by atoms with van der Waals surface area (Å²) in [5, 5.41) is 13.3. The van der Waals surface area contributed by atoms with E-state index in [0.29, 0.717) is 5.69 Å². The zero-order chi connectivity index (χ0) is 16.9. The fourth-order valence-corrected chi connectivity index (χ4v) is 3.45. The van der Waals surface area contributed by atoms with Crippen molar-refractivity contribution in [3.05, 3.63) is 59.7 Å². The number of amides is 1. The van der Waals surface area contributed by atoms with Gasteiger partial charge in [0.2, 0.25) is 5.91 Å². The van der Waals surface area contributed by atoms with Gasteiger partial charge in [-0.15, -0.1) is 0 Å². The minimum absolute atomic E-state index is 0.000193. The number of aromatic hydroxyl groups is 1. The molecule has 0 saturated carbocycles. The summed E-state index contributed by atoms with van der Waals surface area (Å²) in [4.78, 5) is 13.8. The lowest BCUT2D eigenvalue weighted by Gasteiger charge is -2.35. The van der Waals surface area contributed by atoms with Gasteiger partial charge in [0.1, 0.15) is 5.75 Å². The summed E-state index contributed by atoms with van der Waals surface area (Å²) in [7, 11) is 0. The SMILES string of the molecule is CC(=O)Nc1ccc(O)c(C(c2ccccc2)N2CCCCC2)c1. The maximum Gasteiger partial charge on any atom is 0.221 e. The first-order valence-corrected chi connectivity index (χ1v) is 8.54. The van der Waals surface area contributed by atoms with Gasteiger partial charge < -0.3 is 10.4 Å². The Morgan fingerprint density at radius 3 is 2.46 bits per heavy atom. The van der Waals surface area contributed by atoms with E-state index in [2.05, 4.69) is 22.3 Å². The number of nitrogens with zero attached hydrogens (tertiary/aromatic N) is 1. The van der Waals surface area contributed by atoms with Crippen LogP contribution in [0.4, 0.5) is 5.69 Å². The first kappa shape index (κ1) is 16.5. The molecule has 2 aromatic rings. The van der Waals surface area contributed by atoms with Crippen molar-refractivity contribution in [2.24, 2.45) is 0 Å². The molecule has 4 nitrogen and oxygen atoms in total. The van der Waals surface area contributed by atoms with Crippen LogP contribution in [0.25, 0.3) is 0 Å². The molecular weight excluding hydrogens is 300 g/mol. The van der Waals surface area contributed by atoms with Gasteiger partial charge in [-0.3, -0.25) is 9.69 Å². The molecule has 1 aliphatic rings. The van der Waals surface area contributed by atoms with Crippen molar-refractivity contribution in [3.8, 4) is 5.75 Å². The quantitative estimate of drug-likeness (QED) is 0.838. The topological polar surface area (TPSA) is 52.6 Å². The third-order valence-corrected chi connectivity index (χ3v) is 4.51. The van der Waals surface area contributed by atoms with E-state index >= 15 is 0 Å². The zero-order valence-corrected chi connectivity index (χ0v) is 14.0. The Morgan fingerprint density at radius 1 is 1.08 bits per heavy atom. The molecule has 0 aromatic heterocycles. The normalized spacial score (nSPS) is 16.5. The maximum atomic E-state index is 11.4. The molecule has 1 atom stereocenters. The number of likely N-dealkylation sites (tertiary alicyclic amines) is 1. The van der Waals surface area contributed by atoms with Crippen LogP contribution >= 0.6 is 0 Å². The van der Waals surface area contributed by atoms with Crippen LogP contribution in [-0.4, -0.2) is 29.0 Å². The van der Waals surface area contributed by atoms with Crippen LogP contribution in [0.2, 0.25) is 0 Å². The number of benzene rings is 2. The Hall–Kier alpha value is -2.33. The van der Waals surface area contributed by atoms with Gasteiger partial charge in [0, 0.05) is 18.2 Å². The minimum atomic E-state index is -0.110. The molecule has 4 heteroatoms. The van der Waals surface area contributed by atoms with Gasteiger partial charge in [0.05, 0.1) is 6.04 Å². The van der Waals surface area contributed by atoms with E-state index in [9.17, 15) is 9.90 Å². The second-order valence-corrected chi connectivity index (χ2v) is 6.36. The summed E-state index contributed by atoms with van der Waals surface area (Å²) < 4.78 is 0. The molecule has 0 spiro atoms. The number of rotatable bonds is 4. The molecule has 2 N–H and O–H groups in total. The van der Waals surface area contributed by atoms with E-state index in [4.69, 9.17) is 0 Å². The van der Waals surface area contributed by atoms with Crippen LogP contribution in [0.1, 0.15) is 43.4 Å². The number of phenols is 1. The molecule has 1 fully saturated rings. The van der Waals surface area contributed by atoms with Crippen molar-refractivity contribution in [1.82, 2.24) is 4.90 Å². The van der Waals surface area contributed by atoms with E-state index in [1.807, 2.05) is 24.3 Å². The number of piperidine rings is 1. The summed E-state index contributed by atoms with van der Waals surface area (Å²) in [6, 6.07) is 15.6. The summed E-state index contributed by atoms with van der Waals surface area (Å²) in [6.07, 6.45) is 3.61. The largest absolute Gasteiger partial charge is 0.508 e. The molecule has 126 valence electrons. The highest BCUT2D eigenvalue weighted by molar-refractivity contribution is 5.88. The van der Waals surface area contributed by atoms with Crippen LogP contribution in [-0.2, 0) is 4.79 Å². The lowest BCUT2D eigenvalue weighted by molar-refractivity contribution is -0.114. The first-order chi connectivity index (χ1) is 11.6. The van der Waals surface area contributed by atoms with Crippen molar-refractivity contribution < 1.29 is 9.90 Å². The Labute approximate surface area is 143 Å². The summed E-state index contributed by atoms with van der Waals surface area (Å²) >= 11 is 0. The van der Waals surface area contributed by atoms with Gasteiger partial charge in [-0.25, -0.2) is 0 Å². The van der Waals surface area contributed by atoms with Crippen LogP contribution in [0.5, 0.6) is 5.75 Å². The third-order valence-electron chi connectivity index (χ3n) is 4.51. The second-order valence-electron chi connectivity index (χ2n) is 6.36. The van der Waals surface area contributed by atoms with Gasteiger partial charge in [-0.05, 0) is 49.7 Å². The highest BCUT2D eigenvalue weighted by atomic mass is 16.3. The molecule has 1 aliphatic heterocycles. The average Bonchev–Trinajstić information content (AvgIpc) is 2.59. The standard InChI is InChI=1S/C20H24N2O2/c1-15(23)21-17-10-11-19(24)18(14-17)20(16-8-4-2-5-9-16)22-12-6-3-7-13-22/h2,4-5,8-11,14,20,24H,3,6-7,12-13H2,1H3,(H,21,23). The molecule has 1 heterocycles. The Bertz CT molecular complexity index is 694. The fraction of sp³-hybridized carbons (Fsp3) is 0.350. The van der Waals surface area contributed by atoms with Gasteiger partial charge >= 0.3 is 0 Å². The second kappa shape index (κ2) is 7.49. The van der Waals surface area contributed by atoms with Crippen molar-refractivity contribution in [3.63, 3.8) is 0 Å². The molecule has 1 saturated heterocycles. The Kier molecular flexibility index (Phi) is 5.16. The predicted molar refractivity (Wildman–Crippen MR) is 96.1 cm³/mol. The number of nitrogens with one attached hydrogen (secondary N) is 1. The van der Waals surface area contributed by atoms with Gasteiger partial charge in [0.15, 0.2) is 0 Å². The first-order valence-electron chi connectivity index (χ1n) is 8.54. The van der Waals surface area contributed by atoms with Crippen molar-refractivity contribution >= 4 is 11.6 Å². The fourth-order valence-electron chi connectivity index (χ4n) is 3.45. The Morgan fingerprint density at radius 2 is 1.79 bits per heavy atom. The monoisotopic (exact) mass is 324 g/mol. The number of hydrogen-bond acceptors (Lipinski definition) is 3. The van der Waals surface area contributed by atoms with Gasteiger partial charge in [-0.2, -0.15) is 0 Å². The number of carbonyl (C=O) groups is 1. The lowest BCUT2D eigenvalue weighted by Crippen LogP contribution is -2.34. The average molecular weight is 324 g/mol. The number of carbonyl (C=O) groups excluding carboxylic acids is 1. The molecule has 1 amide bonds. The molecule has 0 radical (unpaired) electrons. The summed E-state index contributed by atoms with van der Waals surface area (Å²) in [6.45, 7) is 3.53. The zero-order valence-electron chi connectivity index (χ0n) is 14.0. The smallest absolute Gasteiger partial charge is 0.221 e. The third kappa shape index (κ3) is 3.77. The van der Waals surface area contributed by atoms with Crippen LogP contribution in [0.15, 0.2) is 48.5 Å². The molecule has 0 bridgehead atoms. The number of anilines is 1. The van der Waals surface area contributed by atoms with E-state index in [0.717, 1.165) is 24.2 Å². The molecule has 3 rings (SSSR count). The Balaban J connectivity index is 2.03. The van der Waals surface area contributed by atoms with Crippen molar-refractivity contribution in [2.75, 3.05) is 18.4 Å². The molecule has 0 aliphatic carbocycles. The molecule has 2 aromatic carbocycles. The van der Waals surface area contributed by atoms with Crippen molar-refractivity contribution in [2.45, 2.75) is 32.2 Å². The summed E-state index contributed by atoms with van der Waals surface area (Å²) in [5.41, 5.74) is 2.72. The van der Waals surface area contributed by atoms with Gasteiger partial charge in [-0.1, -0.05) is 36.8 Å². The lowest BCUT2D eigenvalue weighted by atomic mass is 9.94. The van der Waals surface area contributed by atoms with E-state index in [1.54, 1.807) is 12.1 Å². The highest BCUT2D eigenvalue weighted by Crippen LogP contribution is 2.37. The van der Waals surface area contributed by atoms with Crippen LogP contribution in [0.3, 0.4) is 0 Å². The molecular formula is C20H24N2O2.